The predicted octanol–water partition coefficient (Wildman–Crippen LogP) is 3.08. The highest BCUT2D eigenvalue weighted by molar-refractivity contribution is 7.79. The van der Waals surface area contributed by atoms with Crippen molar-refractivity contribution < 1.29 is 22.2 Å². The van der Waals surface area contributed by atoms with Gasteiger partial charge in [0.1, 0.15) is 12.7 Å². The maximum atomic E-state index is 8.63. The molecule has 0 amide bonds. The van der Waals surface area contributed by atoms with E-state index in [0.717, 1.165) is 21.6 Å². The molecule has 1 N–H and O–H groups in total. The van der Waals surface area contributed by atoms with Gasteiger partial charge in [-0.2, -0.15) is 0 Å². The third-order valence-corrected chi connectivity index (χ3v) is 4.65. The Balaban J connectivity index is 0.000000749. The van der Waals surface area contributed by atoms with E-state index >= 15 is 0 Å². The molecule has 0 unspecified atom stereocenters. The number of azo groups is 1. The number of benzene rings is 1. The fraction of sp³-hybridized carbons (Fsp3) is 0.529. The molecule has 1 aromatic heterocycles. The van der Waals surface area contributed by atoms with Gasteiger partial charge in [0.05, 0.1) is 5.11 Å². The molecular formula is C17H28N6O4S2. The first-order valence-electron chi connectivity index (χ1n) is 8.82. The Morgan fingerprint density at radius 3 is 2.00 bits per heavy atom. The van der Waals surface area contributed by atoms with Gasteiger partial charge in [0.15, 0.2) is 0 Å². The first-order chi connectivity index (χ1) is 13.3. The molecule has 2 aromatic rings. The van der Waals surface area contributed by atoms with Crippen molar-refractivity contribution in [3.8, 4) is 0 Å². The number of hydrogen-bond donors (Lipinski definition) is 1. The van der Waals surface area contributed by atoms with Crippen molar-refractivity contribution in [3.63, 3.8) is 0 Å². The predicted molar refractivity (Wildman–Crippen MR) is 113 cm³/mol. The van der Waals surface area contributed by atoms with Crippen LogP contribution in [-0.2, 0) is 17.4 Å². The van der Waals surface area contributed by atoms with Gasteiger partial charge in [0.25, 0.3) is 0 Å². The molecule has 0 spiro atoms. The molecular weight excluding hydrogens is 416 g/mol. The Morgan fingerprint density at radius 1 is 1.10 bits per heavy atom. The van der Waals surface area contributed by atoms with Gasteiger partial charge >= 0.3 is 5.13 Å². The van der Waals surface area contributed by atoms with Crippen molar-refractivity contribution in [2.75, 3.05) is 23.9 Å². The Kier molecular flexibility index (Phi) is 9.08. The van der Waals surface area contributed by atoms with Crippen molar-refractivity contribution in [3.05, 3.63) is 24.3 Å². The summed E-state index contributed by atoms with van der Waals surface area (Å²) in [6.45, 7) is 8.70. The van der Waals surface area contributed by atoms with Crippen LogP contribution in [0.15, 0.2) is 34.5 Å². The highest BCUT2D eigenvalue weighted by Crippen LogP contribution is 2.29. The average molecular weight is 445 g/mol. The van der Waals surface area contributed by atoms with E-state index in [0.29, 0.717) is 12.1 Å². The van der Waals surface area contributed by atoms with Crippen LogP contribution in [0.25, 0.3) is 0 Å². The van der Waals surface area contributed by atoms with E-state index in [9.17, 15) is 0 Å². The summed E-state index contributed by atoms with van der Waals surface area (Å²) in [5, 5.41) is 15.1. The van der Waals surface area contributed by atoms with Gasteiger partial charge in [-0.25, -0.2) is 8.42 Å². The van der Waals surface area contributed by atoms with Crippen LogP contribution >= 0.6 is 11.3 Å². The van der Waals surface area contributed by atoms with Crippen LogP contribution in [0, 0.1) is 0 Å². The molecule has 1 heterocycles. The van der Waals surface area contributed by atoms with Gasteiger partial charge in [0.2, 0.25) is 15.5 Å². The molecule has 12 heteroatoms. The zero-order valence-electron chi connectivity index (χ0n) is 17.6. The molecule has 0 aliphatic heterocycles. The van der Waals surface area contributed by atoms with E-state index in [1.165, 1.54) is 0 Å². The average Bonchev–Trinajstić information content (AvgIpc) is 2.91. The maximum Gasteiger partial charge on any atom is 0.431 e. The summed E-state index contributed by atoms with van der Waals surface area (Å²) in [6.07, 6.45) is 0. The fourth-order valence-corrected chi connectivity index (χ4v) is 3.59. The Labute approximate surface area is 176 Å². The number of hydrogen-bond acceptors (Lipinski definition) is 9. The minimum Gasteiger partial charge on any atom is -0.726 e. The number of aryl methyl sites for hydroxylation is 1. The summed E-state index contributed by atoms with van der Waals surface area (Å²) in [4.78, 5) is 4.35. The number of anilines is 2. The second-order valence-electron chi connectivity index (χ2n) is 6.92. The first-order valence-corrected chi connectivity index (χ1v) is 11.0. The number of nitrogens with zero attached hydrogens (tertiary/aromatic N) is 6. The minimum absolute atomic E-state index is 0.388. The van der Waals surface area contributed by atoms with Crippen LogP contribution in [0.4, 0.5) is 21.6 Å². The van der Waals surface area contributed by atoms with Crippen LogP contribution < -0.4 is 14.5 Å². The van der Waals surface area contributed by atoms with Crippen LogP contribution in [0.1, 0.15) is 27.7 Å². The quantitative estimate of drug-likeness (QED) is 0.314. The summed E-state index contributed by atoms with van der Waals surface area (Å²) in [5.41, 5.74) is 1.98. The zero-order chi connectivity index (χ0) is 22.4. The Hall–Kier alpha value is -2.15. The molecule has 0 aliphatic carbocycles. The molecule has 1 aromatic carbocycles. The minimum atomic E-state index is -4.92. The lowest BCUT2D eigenvalue weighted by atomic mass is 10.2. The van der Waals surface area contributed by atoms with Gasteiger partial charge < -0.3 is 14.4 Å². The van der Waals surface area contributed by atoms with E-state index < -0.39 is 10.4 Å². The van der Waals surface area contributed by atoms with Crippen molar-refractivity contribution in [2.45, 2.75) is 39.8 Å². The molecule has 29 heavy (non-hydrogen) atoms. The topological polar surface area (TPSA) is 125 Å². The lowest BCUT2D eigenvalue weighted by Crippen LogP contribution is -2.39. The lowest BCUT2D eigenvalue weighted by molar-refractivity contribution is -0.712. The molecule has 0 radical (unpaired) electrons. The van der Waals surface area contributed by atoms with E-state index in [1.807, 2.05) is 45.4 Å². The third kappa shape index (κ3) is 8.81. The van der Waals surface area contributed by atoms with Crippen molar-refractivity contribution in [1.29, 1.82) is 0 Å². The third-order valence-electron chi connectivity index (χ3n) is 3.65. The van der Waals surface area contributed by atoms with Gasteiger partial charge in [-0.15, -0.1) is 4.68 Å². The highest BCUT2D eigenvalue weighted by atomic mass is 32.3. The second-order valence-corrected chi connectivity index (χ2v) is 8.71. The Bertz CT molecular complexity index is 893. The smallest absolute Gasteiger partial charge is 0.431 e. The van der Waals surface area contributed by atoms with Gasteiger partial charge in [0, 0.05) is 31.9 Å². The largest absolute Gasteiger partial charge is 0.726 e. The van der Waals surface area contributed by atoms with Gasteiger partial charge in [-0.1, -0.05) is 5.10 Å². The maximum absolute atomic E-state index is 8.63. The van der Waals surface area contributed by atoms with Crippen LogP contribution in [0.2, 0.25) is 0 Å². The number of rotatable bonds is 6. The molecule has 10 nitrogen and oxygen atoms in total. The molecule has 0 bridgehead atoms. The van der Waals surface area contributed by atoms with E-state index in [1.54, 1.807) is 16.0 Å². The second kappa shape index (κ2) is 10.6. The molecule has 0 fully saturated rings. The van der Waals surface area contributed by atoms with Crippen LogP contribution in [0.3, 0.4) is 0 Å². The zero-order valence-corrected chi connectivity index (χ0v) is 19.3. The van der Waals surface area contributed by atoms with Crippen LogP contribution in [0.5, 0.6) is 0 Å². The van der Waals surface area contributed by atoms with E-state index in [4.69, 9.17) is 17.5 Å². The summed E-state index contributed by atoms with van der Waals surface area (Å²) >= 11 is 1.56. The van der Waals surface area contributed by atoms with E-state index in [-0.39, 0.29) is 0 Å². The lowest BCUT2D eigenvalue weighted by Gasteiger charge is -2.28. The monoisotopic (exact) mass is 444 g/mol. The molecule has 0 aliphatic rings. The Morgan fingerprint density at radius 2 is 1.59 bits per heavy atom. The van der Waals surface area contributed by atoms with Crippen molar-refractivity contribution >= 4 is 43.4 Å². The molecule has 0 saturated carbocycles. The SMILES string of the molecule is CC(C)N(c1n[n+](C)c(N=Nc2ccc(N(C)C)cc2)s1)C(C)C.O=S(=O)([O-])O. The summed E-state index contributed by atoms with van der Waals surface area (Å²) in [6, 6.07) is 8.78. The summed E-state index contributed by atoms with van der Waals surface area (Å²) in [5.74, 6) is 0. The van der Waals surface area contributed by atoms with Crippen molar-refractivity contribution in [2.24, 2.45) is 17.3 Å². The van der Waals surface area contributed by atoms with Crippen LogP contribution in [-0.4, -0.2) is 48.8 Å². The first kappa shape index (κ1) is 24.9. The van der Waals surface area contributed by atoms with Gasteiger partial charge in [-0.3, -0.25) is 4.55 Å². The number of aromatic nitrogens is 2. The molecule has 0 saturated heterocycles. The van der Waals surface area contributed by atoms with E-state index in [2.05, 4.69) is 52.8 Å². The highest BCUT2D eigenvalue weighted by Gasteiger charge is 2.24. The normalized spacial score (nSPS) is 11.7. The molecule has 2 rings (SSSR count). The standard InChI is InChI=1S/C17H27N6S.H2O4S/c1-12(2)23(13(3)4)17-20-22(7)16(24-17)19-18-14-8-10-15(11-9-14)21(5)6;1-5(2,3)4/h8-13H,1-7H3;(H2,1,2,3,4)/q+1;/p-1. The van der Waals surface area contributed by atoms with Crippen molar-refractivity contribution in [1.82, 2.24) is 5.10 Å². The fourth-order valence-electron chi connectivity index (χ4n) is 2.48. The van der Waals surface area contributed by atoms with Gasteiger partial charge in [-0.05, 0) is 68.4 Å². The summed E-state index contributed by atoms with van der Waals surface area (Å²) in [7, 11) is 1.03. The molecule has 162 valence electrons. The summed E-state index contributed by atoms with van der Waals surface area (Å²) < 4.78 is 34.6. The molecule has 0 atom stereocenters.